The molecule has 0 heterocycles. The smallest absolute Gasteiger partial charge is 0.314 e. The van der Waals surface area contributed by atoms with Gasteiger partial charge in [-0.3, -0.25) is 4.79 Å². The number of hydrogen-bond donors (Lipinski definition) is 3. The minimum Gasteiger partial charge on any atom is -0.481 e. The summed E-state index contributed by atoms with van der Waals surface area (Å²) >= 11 is 0. The lowest BCUT2D eigenvalue weighted by Crippen LogP contribution is -2.43. The van der Waals surface area contributed by atoms with Gasteiger partial charge in [0.05, 0.1) is 5.41 Å². The van der Waals surface area contributed by atoms with Crippen LogP contribution < -0.4 is 10.6 Å². The first-order chi connectivity index (χ1) is 6.90. The van der Waals surface area contributed by atoms with Gasteiger partial charge < -0.3 is 15.7 Å². The molecule has 0 radical (unpaired) electrons. The maximum absolute atomic E-state index is 11.1. The molecular formula is C10H18N2O3. The Bertz CT molecular complexity index is 249. The van der Waals surface area contributed by atoms with Crippen LogP contribution >= 0.6 is 0 Å². The van der Waals surface area contributed by atoms with Gasteiger partial charge in [0, 0.05) is 13.1 Å². The van der Waals surface area contributed by atoms with Gasteiger partial charge in [0.2, 0.25) is 0 Å². The van der Waals surface area contributed by atoms with Crippen molar-refractivity contribution >= 4 is 12.0 Å². The van der Waals surface area contributed by atoms with Crippen molar-refractivity contribution in [1.82, 2.24) is 10.6 Å². The van der Waals surface area contributed by atoms with E-state index in [1.807, 2.05) is 0 Å². The van der Waals surface area contributed by atoms with E-state index in [-0.39, 0.29) is 12.6 Å². The number of aliphatic carboxylic acids is 1. The van der Waals surface area contributed by atoms with E-state index >= 15 is 0 Å². The number of carbonyl (C=O) groups excluding carboxylic acids is 1. The predicted octanol–water partition coefficient (Wildman–Crippen LogP) is 0.972. The van der Waals surface area contributed by atoms with Crippen LogP contribution in [0.4, 0.5) is 4.79 Å². The quantitative estimate of drug-likeness (QED) is 0.455. The highest BCUT2D eigenvalue weighted by Crippen LogP contribution is 2.12. The molecule has 0 aromatic rings. The molecule has 0 aromatic carbocycles. The molecule has 2 amide bonds. The summed E-state index contributed by atoms with van der Waals surface area (Å²) in [5.74, 6) is -0.936. The molecule has 0 rings (SSSR count). The largest absolute Gasteiger partial charge is 0.481 e. The average Bonchev–Trinajstić information content (AvgIpc) is 2.15. The van der Waals surface area contributed by atoms with Gasteiger partial charge in [0.15, 0.2) is 0 Å². The molecule has 0 saturated heterocycles. The second-order valence-electron chi connectivity index (χ2n) is 3.88. The summed E-state index contributed by atoms with van der Waals surface area (Å²) in [6.45, 7) is 7.23. The fourth-order valence-electron chi connectivity index (χ4n) is 0.727. The van der Waals surface area contributed by atoms with Gasteiger partial charge in [-0.05, 0) is 20.3 Å². The average molecular weight is 214 g/mol. The third-order valence-corrected chi connectivity index (χ3v) is 1.90. The number of rotatable bonds is 6. The highest BCUT2D eigenvalue weighted by molar-refractivity contribution is 5.77. The van der Waals surface area contributed by atoms with Gasteiger partial charge >= 0.3 is 12.0 Å². The third kappa shape index (κ3) is 5.72. The van der Waals surface area contributed by atoms with Crippen LogP contribution in [0.25, 0.3) is 0 Å². The number of amides is 2. The monoisotopic (exact) mass is 214 g/mol. The zero-order chi connectivity index (χ0) is 11.9. The summed E-state index contributed by atoms with van der Waals surface area (Å²) in [6.07, 6.45) is 2.39. The molecule has 15 heavy (non-hydrogen) atoms. The Labute approximate surface area is 89.6 Å². The molecule has 0 saturated carbocycles. The van der Waals surface area contributed by atoms with Crippen LogP contribution in [0.2, 0.25) is 0 Å². The van der Waals surface area contributed by atoms with E-state index in [4.69, 9.17) is 5.11 Å². The van der Waals surface area contributed by atoms with Crippen LogP contribution in [0, 0.1) is 5.41 Å². The predicted molar refractivity (Wildman–Crippen MR) is 57.6 cm³/mol. The fraction of sp³-hybridized carbons (Fsp3) is 0.600. The van der Waals surface area contributed by atoms with Crippen molar-refractivity contribution in [1.29, 1.82) is 0 Å². The van der Waals surface area contributed by atoms with Crippen molar-refractivity contribution in [2.75, 3.05) is 13.1 Å². The number of urea groups is 1. The first-order valence-electron chi connectivity index (χ1n) is 4.76. The molecule has 0 spiro atoms. The Morgan fingerprint density at radius 2 is 2.00 bits per heavy atom. The SMILES string of the molecule is C=CCCNC(=O)NCC(C)(C)C(=O)O. The Balaban J connectivity index is 3.80. The maximum atomic E-state index is 11.1. The van der Waals surface area contributed by atoms with Gasteiger partial charge in [-0.15, -0.1) is 6.58 Å². The highest BCUT2D eigenvalue weighted by Gasteiger charge is 2.27. The molecule has 0 unspecified atom stereocenters. The minimum atomic E-state index is -0.949. The zero-order valence-electron chi connectivity index (χ0n) is 9.17. The van der Waals surface area contributed by atoms with E-state index in [0.717, 1.165) is 0 Å². The second-order valence-corrected chi connectivity index (χ2v) is 3.88. The van der Waals surface area contributed by atoms with Crippen LogP contribution in [0.1, 0.15) is 20.3 Å². The second kappa shape index (κ2) is 6.06. The van der Waals surface area contributed by atoms with Crippen molar-refractivity contribution in [3.8, 4) is 0 Å². The molecule has 0 aliphatic heterocycles. The van der Waals surface area contributed by atoms with Crippen LogP contribution in [-0.4, -0.2) is 30.2 Å². The Kier molecular flexibility index (Phi) is 5.44. The molecule has 3 N–H and O–H groups in total. The van der Waals surface area contributed by atoms with E-state index in [2.05, 4.69) is 17.2 Å². The van der Waals surface area contributed by atoms with Gasteiger partial charge in [0.25, 0.3) is 0 Å². The molecule has 0 aliphatic rings. The Morgan fingerprint density at radius 3 is 2.47 bits per heavy atom. The summed E-state index contributed by atoms with van der Waals surface area (Å²) in [7, 11) is 0. The van der Waals surface area contributed by atoms with Gasteiger partial charge in [-0.1, -0.05) is 6.08 Å². The minimum absolute atomic E-state index is 0.0995. The summed E-state index contributed by atoms with van der Waals surface area (Å²) in [6, 6.07) is -0.355. The molecule has 0 bridgehead atoms. The molecule has 0 aromatic heterocycles. The topological polar surface area (TPSA) is 78.4 Å². The number of carbonyl (C=O) groups is 2. The molecule has 86 valence electrons. The van der Waals surface area contributed by atoms with Crippen molar-refractivity contribution in [3.05, 3.63) is 12.7 Å². The lowest BCUT2D eigenvalue weighted by Gasteiger charge is -2.19. The first kappa shape index (κ1) is 13.5. The molecule has 0 aliphatic carbocycles. The Morgan fingerprint density at radius 1 is 1.40 bits per heavy atom. The van der Waals surface area contributed by atoms with Crippen molar-refractivity contribution < 1.29 is 14.7 Å². The zero-order valence-corrected chi connectivity index (χ0v) is 9.17. The molecular weight excluding hydrogens is 196 g/mol. The molecule has 0 atom stereocenters. The standard InChI is InChI=1S/C10H18N2O3/c1-4-5-6-11-9(15)12-7-10(2,3)8(13)14/h4H,1,5-7H2,2-3H3,(H,13,14)(H2,11,12,15). The number of carboxylic acid groups (broad SMARTS) is 1. The lowest BCUT2D eigenvalue weighted by atomic mass is 9.94. The van der Waals surface area contributed by atoms with E-state index < -0.39 is 11.4 Å². The van der Waals surface area contributed by atoms with Crippen molar-refractivity contribution in [2.24, 2.45) is 5.41 Å². The summed E-state index contributed by atoms with van der Waals surface area (Å²) < 4.78 is 0. The summed E-state index contributed by atoms with van der Waals surface area (Å²) in [4.78, 5) is 21.8. The number of carboxylic acids is 1. The summed E-state index contributed by atoms with van der Waals surface area (Å²) in [5.41, 5.74) is -0.949. The van der Waals surface area contributed by atoms with E-state index in [9.17, 15) is 9.59 Å². The van der Waals surface area contributed by atoms with Crippen molar-refractivity contribution in [2.45, 2.75) is 20.3 Å². The fourth-order valence-corrected chi connectivity index (χ4v) is 0.727. The van der Waals surface area contributed by atoms with Crippen LogP contribution in [0.3, 0.4) is 0 Å². The molecule has 0 fully saturated rings. The van der Waals surface area contributed by atoms with E-state index in [0.29, 0.717) is 13.0 Å². The van der Waals surface area contributed by atoms with Gasteiger partial charge in [0.1, 0.15) is 0 Å². The highest BCUT2D eigenvalue weighted by atomic mass is 16.4. The van der Waals surface area contributed by atoms with Crippen LogP contribution in [0.15, 0.2) is 12.7 Å². The van der Waals surface area contributed by atoms with Crippen LogP contribution in [-0.2, 0) is 4.79 Å². The summed E-state index contributed by atoms with van der Waals surface area (Å²) in [5, 5.41) is 13.9. The van der Waals surface area contributed by atoms with Crippen molar-refractivity contribution in [3.63, 3.8) is 0 Å². The maximum Gasteiger partial charge on any atom is 0.314 e. The van der Waals surface area contributed by atoms with E-state index in [1.165, 1.54) is 0 Å². The van der Waals surface area contributed by atoms with Crippen LogP contribution in [0.5, 0.6) is 0 Å². The number of nitrogens with one attached hydrogen (secondary N) is 2. The Hall–Kier alpha value is -1.52. The molecule has 5 nitrogen and oxygen atoms in total. The lowest BCUT2D eigenvalue weighted by molar-refractivity contribution is -0.146. The number of hydrogen-bond acceptors (Lipinski definition) is 2. The van der Waals surface area contributed by atoms with Gasteiger partial charge in [-0.2, -0.15) is 0 Å². The van der Waals surface area contributed by atoms with E-state index in [1.54, 1.807) is 19.9 Å². The molecule has 5 heteroatoms. The normalized spacial score (nSPS) is 10.5. The van der Waals surface area contributed by atoms with Gasteiger partial charge in [-0.25, -0.2) is 4.79 Å². The third-order valence-electron chi connectivity index (χ3n) is 1.90. The first-order valence-corrected chi connectivity index (χ1v) is 4.76.